The van der Waals surface area contributed by atoms with Crippen LogP contribution in [0.25, 0.3) is 11.3 Å². The average Bonchev–Trinajstić information content (AvgIpc) is 3.21. The third kappa shape index (κ3) is 5.96. The monoisotopic (exact) mass is 441 g/mol. The molecule has 2 aromatic carbocycles. The summed E-state index contributed by atoms with van der Waals surface area (Å²) in [4.78, 5) is 19.7. The highest BCUT2D eigenvalue weighted by Gasteiger charge is 2.11. The summed E-state index contributed by atoms with van der Waals surface area (Å²) in [6, 6.07) is 17.8. The Bertz CT molecular complexity index is 878. The van der Waals surface area contributed by atoms with Crippen molar-refractivity contribution >= 4 is 22.0 Å². The van der Waals surface area contributed by atoms with Crippen molar-refractivity contribution < 1.29 is 9.53 Å². The van der Waals surface area contributed by atoms with Gasteiger partial charge < -0.3 is 15.0 Å². The number of carbonyl (C=O) groups is 1. The topological polar surface area (TPSA) is 67.0 Å². The summed E-state index contributed by atoms with van der Waals surface area (Å²) in [5.41, 5.74) is 3.10. The van der Waals surface area contributed by atoms with Crippen LogP contribution in [0.4, 0.5) is 4.79 Å². The molecule has 0 saturated carbocycles. The van der Waals surface area contributed by atoms with E-state index < -0.39 is 0 Å². The highest BCUT2D eigenvalue weighted by molar-refractivity contribution is 9.10. The summed E-state index contributed by atoms with van der Waals surface area (Å²) >= 11 is 3.45. The molecule has 1 amide bonds. The number of aromatic nitrogens is 2. The molecule has 0 spiro atoms. The van der Waals surface area contributed by atoms with Gasteiger partial charge in [-0.2, -0.15) is 0 Å². The molecule has 0 bridgehead atoms. The Balaban J connectivity index is 1.38. The lowest BCUT2D eigenvalue weighted by molar-refractivity contribution is 0.139. The molecule has 0 fully saturated rings. The molecule has 1 heterocycles. The van der Waals surface area contributed by atoms with Crippen LogP contribution in [-0.4, -0.2) is 22.6 Å². The molecule has 2 N–H and O–H groups in total. The van der Waals surface area contributed by atoms with Crippen molar-refractivity contribution in [3.63, 3.8) is 0 Å². The van der Waals surface area contributed by atoms with Gasteiger partial charge in [-0.15, -0.1) is 0 Å². The van der Waals surface area contributed by atoms with Crippen LogP contribution in [-0.2, 0) is 11.3 Å². The summed E-state index contributed by atoms with van der Waals surface area (Å²) in [6.45, 7) is 3.00. The smallest absolute Gasteiger partial charge is 0.407 e. The zero-order chi connectivity index (χ0) is 19.8. The van der Waals surface area contributed by atoms with Gasteiger partial charge in [0.1, 0.15) is 12.4 Å². The van der Waals surface area contributed by atoms with Crippen LogP contribution < -0.4 is 5.32 Å². The minimum Gasteiger partial charge on any atom is -0.445 e. The first kappa shape index (κ1) is 20.1. The second-order valence-electron chi connectivity index (χ2n) is 6.72. The summed E-state index contributed by atoms with van der Waals surface area (Å²) in [7, 11) is 0. The Kier molecular flexibility index (Phi) is 7.25. The summed E-state index contributed by atoms with van der Waals surface area (Å²) in [5.74, 6) is 1.25. The Morgan fingerprint density at radius 2 is 1.93 bits per heavy atom. The third-order valence-electron chi connectivity index (χ3n) is 4.51. The number of alkyl carbamates (subject to hydrolysis) is 1. The van der Waals surface area contributed by atoms with Crippen molar-refractivity contribution in [3.8, 4) is 11.3 Å². The number of carbonyl (C=O) groups excluding carboxylic acids is 1. The molecule has 0 saturated heterocycles. The molecule has 0 aliphatic carbocycles. The van der Waals surface area contributed by atoms with E-state index >= 15 is 0 Å². The SMILES string of the molecule is C[C@@H](CCCNC(=O)OCc1ccccc1)c1ncc(-c2ccc(Br)cc2)[nH]1. The molecular weight excluding hydrogens is 418 g/mol. The Labute approximate surface area is 173 Å². The Morgan fingerprint density at radius 1 is 1.18 bits per heavy atom. The van der Waals surface area contributed by atoms with E-state index in [9.17, 15) is 4.79 Å². The number of halogens is 1. The van der Waals surface area contributed by atoms with E-state index in [1.165, 1.54) is 0 Å². The number of aromatic amines is 1. The molecule has 0 unspecified atom stereocenters. The number of ether oxygens (including phenoxy) is 1. The Morgan fingerprint density at radius 3 is 2.68 bits per heavy atom. The molecule has 5 nitrogen and oxygen atoms in total. The van der Waals surface area contributed by atoms with Gasteiger partial charge >= 0.3 is 6.09 Å². The minimum atomic E-state index is -0.382. The molecule has 28 heavy (non-hydrogen) atoms. The highest BCUT2D eigenvalue weighted by Crippen LogP contribution is 2.23. The first-order chi connectivity index (χ1) is 13.6. The van der Waals surface area contributed by atoms with Crippen LogP contribution in [0.15, 0.2) is 65.3 Å². The standard InChI is InChI=1S/C22H24BrN3O2/c1-16(21-25-14-20(26-21)18-9-11-19(23)12-10-18)6-5-13-24-22(27)28-15-17-7-3-2-4-8-17/h2-4,7-12,14,16H,5-6,13,15H2,1H3,(H,24,27)(H,25,26)/t16-/m0/s1. The first-order valence-electron chi connectivity index (χ1n) is 9.37. The zero-order valence-electron chi connectivity index (χ0n) is 15.8. The van der Waals surface area contributed by atoms with E-state index in [1.54, 1.807) is 0 Å². The van der Waals surface area contributed by atoms with Gasteiger partial charge in [-0.3, -0.25) is 0 Å². The predicted molar refractivity (Wildman–Crippen MR) is 114 cm³/mol. The van der Waals surface area contributed by atoms with Gasteiger partial charge in [-0.1, -0.05) is 65.3 Å². The summed E-state index contributed by atoms with van der Waals surface area (Å²) in [5, 5.41) is 2.80. The number of hydrogen-bond acceptors (Lipinski definition) is 3. The summed E-state index contributed by atoms with van der Waals surface area (Å²) in [6.07, 6.45) is 3.27. The molecule has 3 rings (SSSR count). The number of imidazole rings is 1. The van der Waals surface area contributed by atoms with E-state index in [2.05, 4.69) is 50.3 Å². The Hall–Kier alpha value is -2.60. The minimum absolute atomic E-state index is 0.284. The zero-order valence-corrected chi connectivity index (χ0v) is 17.4. The van der Waals surface area contributed by atoms with Crippen molar-refractivity contribution in [2.75, 3.05) is 6.54 Å². The fraction of sp³-hybridized carbons (Fsp3) is 0.273. The quantitative estimate of drug-likeness (QED) is 0.443. The van der Waals surface area contributed by atoms with E-state index in [4.69, 9.17) is 4.74 Å². The van der Waals surface area contributed by atoms with Crippen molar-refractivity contribution in [1.29, 1.82) is 0 Å². The summed E-state index contributed by atoms with van der Waals surface area (Å²) < 4.78 is 6.26. The maximum atomic E-state index is 11.8. The van der Waals surface area contributed by atoms with E-state index in [1.807, 2.05) is 48.7 Å². The number of hydrogen-bond donors (Lipinski definition) is 2. The molecule has 6 heteroatoms. The van der Waals surface area contributed by atoms with Gasteiger partial charge in [-0.25, -0.2) is 9.78 Å². The molecule has 0 radical (unpaired) electrons. The molecule has 1 aromatic heterocycles. The molecule has 0 aliphatic rings. The largest absolute Gasteiger partial charge is 0.445 e. The van der Waals surface area contributed by atoms with Gasteiger partial charge in [0.15, 0.2) is 0 Å². The number of nitrogens with one attached hydrogen (secondary N) is 2. The lowest BCUT2D eigenvalue weighted by Gasteiger charge is -2.10. The lowest BCUT2D eigenvalue weighted by atomic mass is 10.1. The number of amides is 1. The number of nitrogens with zero attached hydrogens (tertiary/aromatic N) is 1. The molecule has 3 aromatic rings. The predicted octanol–water partition coefficient (Wildman–Crippen LogP) is 5.65. The van der Waals surface area contributed by atoms with Crippen molar-refractivity contribution in [1.82, 2.24) is 15.3 Å². The van der Waals surface area contributed by atoms with Crippen molar-refractivity contribution in [2.24, 2.45) is 0 Å². The molecule has 146 valence electrons. The third-order valence-corrected chi connectivity index (χ3v) is 5.04. The van der Waals surface area contributed by atoms with E-state index in [0.29, 0.717) is 6.54 Å². The van der Waals surface area contributed by atoms with E-state index in [-0.39, 0.29) is 18.6 Å². The van der Waals surface area contributed by atoms with Crippen LogP contribution in [0.2, 0.25) is 0 Å². The average molecular weight is 442 g/mol. The maximum Gasteiger partial charge on any atom is 0.407 e. The molecular formula is C22H24BrN3O2. The van der Waals surface area contributed by atoms with Gasteiger partial charge in [0.05, 0.1) is 11.9 Å². The fourth-order valence-electron chi connectivity index (χ4n) is 2.87. The van der Waals surface area contributed by atoms with Gasteiger partial charge in [-0.05, 0) is 36.1 Å². The van der Waals surface area contributed by atoms with Crippen LogP contribution in [0.5, 0.6) is 0 Å². The molecule has 1 atom stereocenters. The van der Waals surface area contributed by atoms with Crippen molar-refractivity contribution in [3.05, 3.63) is 76.7 Å². The second-order valence-corrected chi connectivity index (χ2v) is 7.64. The van der Waals surface area contributed by atoms with Crippen LogP contribution in [0.1, 0.15) is 37.1 Å². The van der Waals surface area contributed by atoms with Crippen LogP contribution in [0.3, 0.4) is 0 Å². The van der Waals surface area contributed by atoms with E-state index in [0.717, 1.165) is 40.0 Å². The van der Waals surface area contributed by atoms with Crippen molar-refractivity contribution in [2.45, 2.75) is 32.3 Å². The fourth-order valence-corrected chi connectivity index (χ4v) is 3.14. The van der Waals surface area contributed by atoms with Crippen LogP contribution >= 0.6 is 15.9 Å². The van der Waals surface area contributed by atoms with Gasteiger partial charge in [0, 0.05) is 16.9 Å². The van der Waals surface area contributed by atoms with Crippen LogP contribution in [0, 0.1) is 0 Å². The lowest BCUT2D eigenvalue weighted by Crippen LogP contribution is -2.25. The number of rotatable bonds is 8. The number of benzene rings is 2. The second kappa shape index (κ2) is 10.1. The highest BCUT2D eigenvalue weighted by atomic mass is 79.9. The normalized spacial score (nSPS) is 11.8. The van der Waals surface area contributed by atoms with Gasteiger partial charge in [0.25, 0.3) is 0 Å². The van der Waals surface area contributed by atoms with Gasteiger partial charge in [0.2, 0.25) is 0 Å². The molecule has 0 aliphatic heterocycles. The maximum absolute atomic E-state index is 11.8. The number of H-pyrrole nitrogens is 1. The first-order valence-corrected chi connectivity index (χ1v) is 10.2.